The van der Waals surface area contributed by atoms with E-state index in [0.717, 1.165) is 0 Å². The van der Waals surface area contributed by atoms with Crippen molar-refractivity contribution in [2.24, 2.45) is 5.73 Å². The molecule has 0 radical (unpaired) electrons. The monoisotopic (exact) mass is 213 g/mol. The summed E-state index contributed by atoms with van der Waals surface area (Å²) < 4.78 is 23.2. The molecule has 14 heavy (non-hydrogen) atoms. The summed E-state index contributed by atoms with van der Waals surface area (Å²) in [5.41, 5.74) is 6.29. The maximum atomic E-state index is 11.6. The number of benzene rings is 1. The maximum Gasteiger partial charge on any atom is 0.178 e. The van der Waals surface area contributed by atoms with E-state index in [4.69, 9.17) is 5.73 Å². The number of hydrogen-bond donors (Lipinski definition) is 2. The highest BCUT2D eigenvalue weighted by Gasteiger charge is 2.28. The molecule has 1 atom stereocenters. The average molecular weight is 213 g/mol. The van der Waals surface area contributed by atoms with E-state index in [0.29, 0.717) is 12.0 Å². The van der Waals surface area contributed by atoms with Crippen molar-refractivity contribution in [2.45, 2.75) is 17.4 Å². The highest BCUT2D eigenvalue weighted by atomic mass is 32.2. The van der Waals surface area contributed by atoms with E-state index in [1.807, 2.05) is 0 Å². The van der Waals surface area contributed by atoms with Crippen LogP contribution in [0.25, 0.3) is 0 Å². The van der Waals surface area contributed by atoms with E-state index in [9.17, 15) is 13.5 Å². The molecule has 76 valence electrons. The molecule has 0 saturated heterocycles. The maximum absolute atomic E-state index is 11.6. The Balaban J connectivity index is 2.69. The van der Waals surface area contributed by atoms with E-state index >= 15 is 0 Å². The number of rotatable bonds is 0. The number of phenolic OH excluding ortho intramolecular Hbond substituents is 1. The standard InChI is InChI=1S/C9H11NO3S/c10-8-3-4-14(12,13)9-2-1-6(11)5-7(8)9/h1-2,5,8,11H,3-4,10H2/t8-/m0/s1. The van der Waals surface area contributed by atoms with Crippen LogP contribution in [-0.2, 0) is 9.84 Å². The smallest absolute Gasteiger partial charge is 0.178 e. The molecule has 0 unspecified atom stereocenters. The number of aromatic hydroxyl groups is 1. The SMILES string of the molecule is N[C@H]1CCS(=O)(=O)c2ccc(O)cc21. The van der Waals surface area contributed by atoms with Crippen LogP contribution >= 0.6 is 0 Å². The Bertz CT molecular complexity index is 467. The van der Waals surface area contributed by atoms with Gasteiger partial charge in [0.25, 0.3) is 0 Å². The molecule has 0 aliphatic carbocycles. The lowest BCUT2D eigenvalue weighted by molar-refractivity contribution is 0.471. The van der Waals surface area contributed by atoms with Crippen LogP contribution in [0.15, 0.2) is 23.1 Å². The number of hydrogen-bond acceptors (Lipinski definition) is 4. The molecule has 0 aromatic heterocycles. The lowest BCUT2D eigenvalue weighted by Gasteiger charge is -2.22. The average Bonchev–Trinajstić information content (AvgIpc) is 2.12. The fourth-order valence-electron chi connectivity index (χ4n) is 1.66. The summed E-state index contributed by atoms with van der Waals surface area (Å²) in [7, 11) is -3.18. The van der Waals surface area contributed by atoms with Gasteiger partial charge in [0.05, 0.1) is 10.6 Å². The van der Waals surface area contributed by atoms with Crippen LogP contribution in [-0.4, -0.2) is 19.3 Å². The van der Waals surface area contributed by atoms with Crippen molar-refractivity contribution in [3.8, 4) is 5.75 Å². The highest BCUT2D eigenvalue weighted by Crippen LogP contribution is 2.32. The van der Waals surface area contributed by atoms with Crippen LogP contribution in [0.3, 0.4) is 0 Å². The van der Waals surface area contributed by atoms with E-state index < -0.39 is 9.84 Å². The molecule has 4 nitrogen and oxygen atoms in total. The molecule has 0 spiro atoms. The van der Waals surface area contributed by atoms with Gasteiger partial charge in [0, 0.05) is 6.04 Å². The van der Waals surface area contributed by atoms with Crippen molar-refractivity contribution in [2.75, 3.05) is 5.75 Å². The normalized spacial score (nSPS) is 24.2. The first-order valence-electron chi connectivity index (χ1n) is 4.32. The van der Waals surface area contributed by atoms with Crippen molar-refractivity contribution in [3.05, 3.63) is 23.8 Å². The minimum atomic E-state index is -3.18. The zero-order valence-electron chi connectivity index (χ0n) is 7.47. The van der Waals surface area contributed by atoms with E-state index in [1.165, 1.54) is 18.2 Å². The van der Waals surface area contributed by atoms with Crippen molar-refractivity contribution < 1.29 is 13.5 Å². The molecular formula is C9H11NO3S. The minimum absolute atomic E-state index is 0.0521. The molecule has 2 rings (SSSR count). The van der Waals surface area contributed by atoms with Crippen LogP contribution in [0.2, 0.25) is 0 Å². The highest BCUT2D eigenvalue weighted by molar-refractivity contribution is 7.91. The summed E-state index contributed by atoms with van der Waals surface area (Å²) in [5.74, 6) is 0.141. The molecule has 0 amide bonds. The van der Waals surface area contributed by atoms with Gasteiger partial charge in [0.1, 0.15) is 5.75 Å². The first kappa shape index (κ1) is 9.48. The second-order valence-corrected chi connectivity index (χ2v) is 5.51. The Morgan fingerprint density at radius 3 is 2.86 bits per heavy atom. The quantitative estimate of drug-likeness (QED) is 0.660. The molecule has 1 heterocycles. The molecule has 0 bridgehead atoms. The molecule has 1 aromatic carbocycles. The lowest BCUT2D eigenvalue weighted by atomic mass is 10.0. The van der Waals surface area contributed by atoms with Crippen molar-refractivity contribution in [1.29, 1.82) is 0 Å². The predicted octanol–water partition coefficient (Wildman–Crippen LogP) is 0.569. The van der Waals surface area contributed by atoms with Crippen molar-refractivity contribution in [3.63, 3.8) is 0 Å². The molecular weight excluding hydrogens is 202 g/mol. The first-order chi connectivity index (χ1) is 6.50. The first-order valence-corrected chi connectivity index (χ1v) is 5.97. The number of fused-ring (bicyclic) bond motifs is 1. The Morgan fingerprint density at radius 2 is 2.14 bits per heavy atom. The van der Waals surface area contributed by atoms with Gasteiger partial charge in [-0.3, -0.25) is 0 Å². The second kappa shape index (κ2) is 2.96. The van der Waals surface area contributed by atoms with E-state index in [-0.39, 0.29) is 22.4 Å². The predicted molar refractivity (Wildman–Crippen MR) is 51.7 cm³/mol. The van der Waals surface area contributed by atoms with Crippen LogP contribution < -0.4 is 5.73 Å². The molecule has 3 N–H and O–H groups in total. The van der Waals surface area contributed by atoms with Gasteiger partial charge in [0.2, 0.25) is 0 Å². The van der Waals surface area contributed by atoms with Gasteiger partial charge in [-0.15, -0.1) is 0 Å². The van der Waals surface area contributed by atoms with Gasteiger partial charge in [-0.1, -0.05) is 0 Å². The van der Waals surface area contributed by atoms with Gasteiger partial charge in [-0.05, 0) is 30.2 Å². The van der Waals surface area contributed by atoms with Gasteiger partial charge >= 0.3 is 0 Å². The summed E-state index contributed by atoms with van der Waals surface area (Å²) in [6.07, 6.45) is 0.415. The minimum Gasteiger partial charge on any atom is -0.508 e. The van der Waals surface area contributed by atoms with Crippen LogP contribution in [0.5, 0.6) is 5.75 Å². The third kappa shape index (κ3) is 1.38. The fourth-order valence-corrected chi connectivity index (χ4v) is 3.29. The Labute approximate surface area is 82.3 Å². The summed E-state index contributed by atoms with van der Waals surface area (Å²) >= 11 is 0. The van der Waals surface area contributed by atoms with Crippen LogP contribution in [0.1, 0.15) is 18.0 Å². The molecule has 5 heteroatoms. The zero-order chi connectivity index (χ0) is 10.3. The van der Waals surface area contributed by atoms with E-state index in [2.05, 4.69) is 0 Å². The third-order valence-electron chi connectivity index (χ3n) is 2.43. The van der Waals surface area contributed by atoms with Crippen molar-refractivity contribution in [1.82, 2.24) is 0 Å². The van der Waals surface area contributed by atoms with Gasteiger partial charge in [-0.25, -0.2) is 8.42 Å². The summed E-state index contributed by atoms with van der Waals surface area (Å²) in [5, 5.41) is 9.23. The third-order valence-corrected chi connectivity index (χ3v) is 4.24. The second-order valence-electron chi connectivity index (χ2n) is 3.44. The molecule has 1 aliphatic heterocycles. The Morgan fingerprint density at radius 1 is 1.43 bits per heavy atom. The van der Waals surface area contributed by atoms with Gasteiger partial charge in [-0.2, -0.15) is 0 Å². The van der Waals surface area contributed by atoms with Crippen molar-refractivity contribution >= 4 is 9.84 Å². The number of sulfone groups is 1. The van der Waals surface area contributed by atoms with Gasteiger partial charge < -0.3 is 10.8 Å². The summed E-state index contributed by atoms with van der Waals surface area (Å²) in [6, 6.07) is 3.92. The zero-order valence-corrected chi connectivity index (χ0v) is 8.29. The van der Waals surface area contributed by atoms with Gasteiger partial charge in [0.15, 0.2) is 9.84 Å². The molecule has 0 saturated carbocycles. The lowest BCUT2D eigenvalue weighted by Crippen LogP contribution is -2.24. The molecule has 0 fully saturated rings. The Hall–Kier alpha value is -1.07. The summed E-state index contributed by atoms with van der Waals surface area (Å²) in [6.45, 7) is 0. The van der Waals surface area contributed by atoms with Crippen LogP contribution in [0, 0.1) is 0 Å². The largest absolute Gasteiger partial charge is 0.508 e. The molecule has 1 aromatic rings. The number of phenols is 1. The number of nitrogens with two attached hydrogens (primary N) is 1. The Kier molecular flexibility index (Phi) is 2.01. The molecule has 1 aliphatic rings. The fraction of sp³-hybridized carbons (Fsp3) is 0.333. The van der Waals surface area contributed by atoms with E-state index in [1.54, 1.807) is 0 Å². The topological polar surface area (TPSA) is 80.4 Å². The van der Waals surface area contributed by atoms with Crippen LogP contribution in [0.4, 0.5) is 0 Å². The summed E-state index contributed by atoms with van der Waals surface area (Å²) in [4.78, 5) is 0.258.